The van der Waals surface area contributed by atoms with Crippen molar-refractivity contribution in [3.63, 3.8) is 0 Å². The van der Waals surface area contributed by atoms with E-state index in [1.54, 1.807) is 12.1 Å². The fraction of sp³-hybridized carbons (Fsp3) is 0.333. The average molecular weight is 366 g/mol. The maximum atomic E-state index is 12.6. The van der Waals surface area contributed by atoms with Gasteiger partial charge in [0.05, 0.1) is 11.2 Å². The van der Waals surface area contributed by atoms with Gasteiger partial charge in [-0.2, -0.15) is 0 Å². The van der Waals surface area contributed by atoms with Gasteiger partial charge in [0.1, 0.15) is 18.0 Å². The molecular formula is C21H26N4O2. The maximum absolute atomic E-state index is 12.6. The number of nitrogens with zero attached hydrogens (tertiary/aromatic N) is 2. The molecule has 0 saturated heterocycles. The Bertz CT molecular complexity index is 902. The minimum Gasteiger partial charge on any atom is -0.487 e. The van der Waals surface area contributed by atoms with Crippen LogP contribution in [0.25, 0.3) is 5.65 Å². The van der Waals surface area contributed by atoms with E-state index < -0.39 is 5.54 Å². The number of nitrogens with one attached hydrogen (secondary N) is 1. The number of ether oxygens (including phenoxy) is 1. The average Bonchev–Trinajstić information content (AvgIpc) is 3.09. The molecule has 0 spiro atoms. The zero-order chi connectivity index (χ0) is 19.4. The van der Waals surface area contributed by atoms with E-state index in [1.165, 1.54) is 0 Å². The number of hydrogen-bond donors (Lipinski definition) is 2. The van der Waals surface area contributed by atoms with Gasteiger partial charge in [-0.15, -0.1) is 0 Å². The molecule has 3 rings (SSSR count). The zero-order valence-corrected chi connectivity index (χ0v) is 16.0. The van der Waals surface area contributed by atoms with E-state index in [1.807, 2.05) is 67.9 Å². The molecule has 142 valence electrons. The Morgan fingerprint density at radius 2 is 2.11 bits per heavy atom. The fourth-order valence-electron chi connectivity index (χ4n) is 2.70. The van der Waals surface area contributed by atoms with Crippen molar-refractivity contribution < 1.29 is 9.53 Å². The number of carbonyl (C=O) groups excluding carboxylic acids is 1. The predicted molar refractivity (Wildman–Crippen MR) is 106 cm³/mol. The number of amides is 1. The van der Waals surface area contributed by atoms with Crippen LogP contribution in [-0.4, -0.2) is 27.4 Å². The summed E-state index contributed by atoms with van der Waals surface area (Å²) in [4.78, 5) is 17.1. The molecule has 3 aromatic rings. The number of carbonyl (C=O) groups is 1. The molecule has 1 amide bonds. The van der Waals surface area contributed by atoms with Crippen LogP contribution in [0.2, 0.25) is 0 Å². The van der Waals surface area contributed by atoms with Gasteiger partial charge in [0.2, 0.25) is 0 Å². The summed E-state index contributed by atoms with van der Waals surface area (Å²) in [6, 6.07) is 13.0. The Hall–Kier alpha value is -2.86. The van der Waals surface area contributed by atoms with Crippen LogP contribution in [0.1, 0.15) is 36.8 Å². The number of aromatic nitrogens is 2. The van der Waals surface area contributed by atoms with E-state index in [0.717, 1.165) is 11.3 Å². The van der Waals surface area contributed by atoms with Crippen molar-refractivity contribution in [2.45, 2.75) is 32.9 Å². The molecule has 0 aliphatic heterocycles. The van der Waals surface area contributed by atoms with Crippen LogP contribution in [-0.2, 0) is 6.61 Å². The summed E-state index contributed by atoms with van der Waals surface area (Å²) < 4.78 is 7.78. The molecule has 0 saturated carbocycles. The highest BCUT2D eigenvalue weighted by atomic mass is 16.5. The molecule has 0 radical (unpaired) electrons. The van der Waals surface area contributed by atoms with Crippen LogP contribution >= 0.6 is 0 Å². The summed E-state index contributed by atoms with van der Waals surface area (Å²) in [5.41, 5.74) is 7.65. The van der Waals surface area contributed by atoms with Crippen LogP contribution in [0.15, 0.2) is 54.9 Å². The summed E-state index contributed by atoms with van der Waals surface area (Å²) >= 11 is 0. The Morgan fingerprint density at radius 1 is 1.30 bits per heavy atom. The minimum absolute atomic E-state index is 0.158. The number of nitrogens with two attached hydrogens (primary N) is 1. The summed E-state index contributed by atoms with van der Waals surface area (Å²) in [6.07, 6.45) is 3.88. The normalized spacial score (nSPS) is 13.5. The monoisotopic (exact) mass is 366 g/mol. The Morgan fingerprint density at radius 3 is 2.81 bits per heavy atom. The van der Waals surface area contributed by atoms with Gasteiger partial charge >= 0.3 is 0 Å². The standard InChI is InChI=1S/C21H26N4O2/c1-15(2)21(3,14-22)24-20(26)16-7-6-8-18(11-16)27-13-17-12-25-10-5-4-9-19(25)23-17/h4-12,15H,13-14,22H2,1-3H3,(H,24,26). The SMILES string of the molecule is CC(C)C(C)(CN)NC(=O)c1cccc(OCc2cn3ccccc3n2)c1. The van der Waals surface area contributed by atoms with Crippen LogP contribution < -0.4 is 15.8 Å². The molecule has 2 heterocycles. The molecule has 3 N–H and O–H groups in total. The molecule has 1 aromatic carbocycles. The molecule has 0 bridgehead atoms. The topological polar surface area (TPSA) is 81.6 Å². The predicted octanol–water partition coefficient (Wildman–Crippen LogP) is 3.02. The summed E-state index contributed by atoms with van der Waals surface area (Å²) in [5, 5.41) is 3.04. The smallest absolute Gasteiger partial charge is 0.251 e. The van der Waals surface area contributed by atoms with Gasteiger partial charge in [0.15, 0.2) is 0 Å². The molecule has 1 atom stereocenters. The van der Waals surface area contributed by atoms with Gasteiger partial charge in [0, 0.05) is 24.5 Å². The largest absolute Gasteiger partial charge is 0.487 e. The second kappa shape index (κ2) is 7.80. The van der Waals surface area contributed by atoms with Crippen molar-refractivity contribution in [1.82, 2.24) is 14.7 Å². The third kappa shape index (κ3) is 4.28. The Balaban J connectivity index is 1.68. The minimum atomic E-state index is -0.454. The third-order valence-electron chi connectivity index (χ3n) is 4.99. The molecule has 0 fully saturated rings. The first-order chi connectivity index (χ1) is 12.9. The quantitative estimate of drug-likeness (QED) is 0.673. The summed E-state index contributed by atoms with van der Waals surface area (Å²) in [6.45, 7) is 6.75. The lowest BCUT2D eigenvalue weighted by atomic mass is 9.88. The van der Waals surface area contributed by atoms with Crippen molar-refractivity contribution in [1.29, 1.82) is 0 Å². The molecule has 0 aliphatic rings. The van der Waals surface area contributed by atoms with E-state index >= 15 is 0 Å². The molecule has 1 unspecified atom stereocenters. The fourth-order valence-corrected chi connectivity index (χ4v) is 2.70. The zero-order valence-electron chi connectivity index (χ0n) is 16.0. The third-order valence-corrected chi connectivity index (χ3v) is 4.99. The Labute approximate surface area is 159 Å². The number of fused-ring (bicyclic) bond motifs is 1. The van der Waals surface area contributed by atoms with Crippen molar-refractivity contribution in [3.05, 3.63) is 66.1 Å². The van der Waals surface area contributed by atoms with Gasteiger partial charge in [-0.1, -0.05) is 26.0 Å². The van der Waals surface area contributed by atoms with Gasteiger partial charge in [0.25, 0.3) is 5.91 Å². The number of rotatable bonds is 7. The molecule has 6 nitrogen and oxygen atoms in total. The van der Waals surface area contributed by atoms with Crippen molar-refractivity contribution in [2.75, 3.05) is 6.54 Å². The number of imidazole rings is 1. The lowest BCUT2D eigenvalue weighted by Crippen LogP contribution is -2.55. The van der Waals surface area contributed by atoms with Crippen molar-refractivity contribution >= 4 is 11.6 Å². The van der Waals surface area contributed by atoms with E-state index in [-0.39, 0.29) is 11.8 Å². The molecular weight excluding hydrogens is 340 g/mol. The Kier molecular flexibility index (Phi) is 5.46. The van der Waals surface area contributed by atoms with E-state index in [4.69, 9.17) is 10.5 Å². The lowest BCUT2D eigenvalue weighted by Gasteiger charge is -2.33. The van der Waals surface area contributed by atoms with Crippen LogP contribution in [0, 0.1) is 5.92 Å². The number of benzene rings is 1. The van der Waals surface area contributed by atoms with Crippen LogP contribution in [0.3, 0.4) is 0 Å². The van der Waals surface area contributed by atoms with Crippen LogP contribution in [0.5, 0.6) is 5.75 Å². The van der Waals surface area contributed by atoms with Crippen molar-refractivity contribution in [2.24, 2.45) is 11.7 Å². The molecule has 2 aromatic heterocycles. The molecule has 27 heavy (non-hydrogen) atoms. The second-order valence-electron chi connectivity index (χ2n) is 7.25. The first-order valence-electron chi connectivity index (χ1n) is 9.09. The van der Waals surface area contributed by atoms with Gasteiger partial charge in [-0.05, 0) is 43.2 Å². The number of hydrogen-bond acceptors (Lipinski definition) is 4. The van der Waals surface area contributed by atoms with Gasteiger partial charge < -0.3 is 20.2 Å². The number of pyridine rings is 1. The highest BCUT2D eigenvalue weighted by molar-refractivity contribution is 5.95. The van der Waals surface area contributed by atoms with Crippen molar-refractivity contribution in [3.8, 4) is 5.75 Å². The summed E-state index contributed by atoms with van der Waals surface area (Å²) in [5.74, 6) is 0.689. The van der Waals surface area contributed by atoms with E-state index in [0.29, 0.717) is 24.5 Å². The first-order valence-corrected chi connectivity index (χ1v) is 9.09. The van der Waals surface area contributed by atoms with Gasteiger partial charge in [-0.25, -0.2) is 4.98 Å². The van der Waals surface area contributed by atoms with E-state index in [9.17, 15) is 4.79 Å². The van der Waals surface area contributed by atoms with E-state index in [2.05, 4.69) is 10.3 Å². The molecule has 0 aliphatic carbocycles. The maximum Gasteiger partial charge on any atom is 0.251 e. The highest BCUT2D eigenvalue weighted by Gasteiger charge is 2.28. The van der Waals surface area contributed by atoms with Gasteiger partial charge in [-0.3, -0.25) is 4.79 Å². The lowest BCUT2D eigenvalue weighted by molar-refractivity contribution is 0.0882. The van der Waals surface area contributed by atoms with Crippen LogP contribution in [0.4, 0.5) is 0 Å². The highest BCUT2D eigenvalue weighted by Crippen LogP contribution is 2.19. The summed E-state index contributed by atoms with van der Waals surface area (Å²) in [7, 11) is 0. The molecule has 6 heteroatoms. The second-order valence-corrected chi connectivity index (χ2v) is 7.25. The first kappa shape index (κ1) is 18.9.